The van der Waals surface area contributed by atoms with E-state index in [2.05, 4.69) is 20.9 Å². The van der Waals surface area contributed by atoms with Gasteiger partial charge in [-0.15, -0.1) is 0 Å². The first-order chi connectivity index (χ1) is 11.5. The number of carbonyl (C=O) groups is 2. The molecular formula is C18H12BrNO4. The second kappa shape index (κ2) is 6.80. The molecular weight excluding hydrogens is 374 g/mol. The first-order valence-corrected chi connectivity index (χ1v) is 7.87. The lowest BCUT2D eigenvalue weighted by Crippen LogP contribution is -2.05. The zero-order valence-electron chi connectivity index (χ0n) is 12.7. The number of hydrogen-bond donors (Lipinski definition) is 0. The van der Waals surface area contributed by atoms with Gasteiger partial charge in [-0.05, 0) is 48.0 Å². The molecule has 120 valence electrons. The first kappa shape index (κ1) is 16.1. The van der Waals surface area contributed by atoms with Crippen LogP contribution in [0.15, 0.2) is 63.7 Å². The fourth-order valence-corrected chi connectivity index (χ4v) is 2.38. The molecule has 2 aromatic rings. The van der Waals surface area contributed by atoms with Gasteiger partial charge < -0.3 is 9.47 Å². The molecule has 5 nitrogen and oxygen atoms in total. The van der Waals surface area contributed by atoms with Crippen molar-refractivity contribution in [2.45, 2.75) is 6.92 Å². The van der Waals surface area contributed by atoms with Crippen LogP contribution in [-0.2, 0) is 14.3 Å². The minimum atomic E-state index is -0.522. The van der Waals surface area contributed by atoms with Crippen molar-refractivity contribution in [1.29, 1.82) is 0 Å². The third kappa shape index (κ3) is 3.78. The summed E-state index contributed by atoms with van der Waals surface area (Å²) in [6.45, 7) is 1.33. The van der Waals surface area contributed by atoms with Gasteiger partial charge in [-0.1, -0.05) is 28.1 Å². The zero-order chi connectivity index (χ0) is 17.1. The van der Waals surface area contributed by atoms with Gasteiger partial charge in [-0.3, -0.25) is 4.79 Å². The number of cyclic esters (lactones) is 1. The third-order valence-corrected chi connectivity index (χ3v) is 3.66. The fourth-order valence-electron chi connectivity index (χ4n) is 2.12. The molecule has 0 saturated carbocycles. The molecule has 2 aromatic carbocycles. The van der Waals surface area contributed by atoms with Crippen LogP contribution in [0.3, 0.4) is 0 Å². The molecule has 0 radical (unpaired) electrons. The van der Waals surface area contributed by atoms with Crippen LogP contribution in [-0.4, -0.2) is 17.8 Å². The van der Waals surface area contributed by atoms with E-state index >= 15 is 0 Å². The molecule has 1 aliphatic heterocycles. The van der Waals surface area contributed by atoms with Crippen molar-refractivity contribution in [3.8, 4) is 5.75 Å². The summed E-state index contributed by atoms with van der Waals surface area (Å²) in [6.07, 6.45) is 1.58. The van der Waals surface area contributed by atoms with E-state index in [1.54, 1.807) is 42.5 Å². The molecule has 0 atom stereocenters. The number of rotatable bonds is 3. The van der Waals surface area contributed by atoms with Crippen LogP contribution < -0.4 is 4.74 Å². The summed E-state index contributed by atoms with van der Waals surface area (Å²) < 4.78 is 11.2. The molecule has 0 amide bonds. The normalized spacial score (nSPS) is 15.2. The number of hydrogen-bond acceptors (Lipinski definition) is 5. The number of nitrogens with zero attached hydrogens (tertiary/aromatic N) is 1. The van der Waals surface area contributed by atoms with Crippen molar-refractivity contribution in [3.63, 3.8) is 0 Å². The van der Waals surface area contributed by atoms with Gasteiger partial charge in [-0.25, -0.2) is 9.79 Å². The van der Waals surface area contributed by atoms with E-state index in [4.69, 9.17) is 9.47 Å². The highest BCUT2D eigenvalue weighted by Crippen LogP contribution is 2.22. The van der Waals surface area contributed by atoms with E-state index in [1.807, 2.05) is 12.1 Å². The average molecular weight is 386 g/mol. The van der Waals surface area contributed by atoms with Crippen LogP contribution in [0.5, 0.6) is 5.75 Å². The van der Waals surface area contributed by atoms with Crippen molar-refractivity contribution in [2.75, 3.05) is 0 Å². The Morgan fingerprint density at radius 2 is 1.96 bits per heavy atom. The predicted molar refractivity (Wildman–Crippen MR) is 92.5 cm³/mol. The maximum Gasteiger partial charge on any atom is 0.363 e. The lowest BCUT2D eigenvalue weighted by molar-refractivity contribution is -0.132. The zero-order valence-corrected chi connectivity index (χ0v) is 14.2. The number of esters is 2. The number of ether oxygens (including phenoxy) is 2. The summed E-state index contributed by atoms with van der Waals surface area (Å²) in [5.41, 5.74) is 1.58. The van der Waals surface area contributed by atoms with Crippen molar-refractivity contribution in [2.24, 2.45) is 4.99 Å². The second-order valence-corrected chi connectivity index (χ2v) is 5.92. The summed E-state index contributed by atoms with van der Waals surface area (Å²) in [5, 5.41) is 0. The smallest absolute Gasteiger partial charge is 0.363 e. The summed E-state index contributed by atoms with van der Waals surface area (Å²) >= 11 is 3.35. The average Bonchev–Trinajstić information content (AvgIpc) is 2.89. The molecule has 0 saturated heterocycles. The van der Waals surface area contributed by atoms with Crippen molar-refractivity contribution < 1.29 is 19.1 Å². The van der Waals surface area contributed by atoms with Crippen LogP contribution >= 0.6 is 15.9 Å². The molecule has 0 N–H and O–H groups in total. The maximum absolute atomic E-state index is 12.0. The molecule has 0 unspecified atom stereocenters. The summed E-state index contributed by atoms with van der Waals surface area (Å²) in [6, 6.07) is 14.1. The van der Waals surface area contributed by atoms with E-state index in [0.29, 0.717) is 16.9 Å². The Morgan fingerprint density at radius 1 is 1.21 bits per heavy atom. The topological polar surface area (TPSA) is 65.0 Å². The Morgan fingerprint density at radius 3 is 2.67 bits per heavy atom. The lowest BCUT2D eigenvalue weighted by Gasteiger charge is -2.01. The standard InChI is InChI=1S/C18H12BrNO4/c1-11(21)23-15-4-2-3-12(9-15)10-16-18(22)24-17(20-16)13-5-7-14(19)8-6-13/h2-10H,1H3. The Bertz CT molecular complexity index is 869. The highest BCUT2D eigenvalue weighted by atomic mass is 79.9. The van der Waals surface area contributed by atoms with E-state index in [9.17, 15) is 9.59 Å². The minimum absolute atomic E-state index is 0.188. The van der Waals surface area contributed by atoms with Gasteiger partial charge in [-0.2, -0.15) is 0 Å². The predicted octanol–water partition coefficient (Wildman–Crippen LogP) is 3.72. The SMILES string of the molecule is CC(=O)Oc1cccc(C=C2N=C(c3ccc(Br)cc3)OC2=O)c1. The van der Waals surface area contributed by atoms with Gasteiger partial charge in [0.1, 0.15) is 5.75 Å². The fraction of sp³-hybridized carbons (Fsp3) is 0.0556. The van der Waals surface area contributed by atoms with Gasteiger partial charge in [0.2, 0.25) is 5.90 Å². The summed E-state index contributed by atoms with van der Waals surface area (Å²) in [4.78, 5) is 27.2. The van der Waals surface area contributed by atoms with Gasteiger partial charge in [0.15, 0.2) is 5.70 Å². The Labute approximate surface area is 146 Å². The molecule has 3 rings (SSSR count). The molecule has 1 heterocycles. The minimum Gasteiger partial charge on any atom is -0.427 e. The molecule has 0 fully saturated rings. The van der Waals surface area contributed by atoms with Gasteiger partial charge in [0.25, 0.3) is 0 Å². The quantitative estimate of drug-likeness (QED) is 0.458. The van der Waals surface area contributed by atoms with Crippen LogP contribution in [0.1, 0.15) is 18.1 Å². The maximum atomic E-state index is 12.0. The largest absolute Gasteiger partial charge is 0.427 e. The number of carbonyl (C=O) groups excluding carboxylic acids is 2. The number of benzene rings is 2. The van der Waals surface area contributed by atoms with E-state index in [-0.39, 0.29) is 11.6 Å². The highest BCUT2D eigenvalue weighted by molar-refractivity contribution is 9.10. The highest BCUT2D eigenvalue weighted by Gasteiger charge is 2.24. The van der Waals surface area contributed by atoms with Crippen LogP contribution in [0.4, 0.5) is 0 Å². The molecule has 1 aliphatic rings. The lowest BCUT2D eigenvalue weighted by atomic mass is 10.2. The monoisotopic (exact) mass is 385 g/mol. The van der Waals surface area contributed by atoms with Crippen molar-refractivity contribution >= 4 is 39.8 Å². The van der Waals surface area contributed by atoms with Crippen molar-refractivity contribution in [3.05, 3.63) is 69.8 Å². The van der Waals surface area contributed by atoms with Crippen molar-refractivity contribution in [1.82, 2.24) is 0 Å². The second-order valence-electron chi connectivity index (χ2n) is 5.01. The first-order valence-electron chi connectivity index (χ1n) is 7.08. The van der Waals surface area contributed by atoms with Crippen LogP contribution in [0.25, 0.3) is 6.08 Å². The number of halogens is 1. The van der Waals surface area contributed by atoms with Crippen LogP contribution in [0.2, 0.25) is 0 Å². The number of aliphatic imine (C=N–C) groups is 1. The Balaban J connectivity index is 1.88. The molecule has 24 heavy (non-hydrogen) atoms. The Hall–Kier alpha value is -2.73. The van der Waals surface area contributed by atoms with E-state index in [1.165, 1.54) is 6.92 Å². The molecule has 6 heteroatoms. The van der Waals surface area contributed by atoms with Gasteiger partial charge >= 0.3 is 11.9 Å². The third-order valence-electron chi connectivity index (χ3n) is 3.13. The summed E-state index contributed by atoms with van der Waals surface area (Å²) in [5.74, 6) is -0.267. The molecule has 0 aromatic heterocycles. The van der Waals surface area contributed by atoms with Gasteiger partial charge in [0.05, 0.1) is 0 Å². The van der Waals surface area contributed by atoms with Crippen LogP contribution in [0, 0.1) is 0 Å². The van der Waals surface area contributed by atoms with Gasteiger partial charge in [0, 0.05) is 17.0 Å². The summed E-state index contributed by atoms with van der Waals surface area (Å²) in [7, 11) is 0. The molecule has 0 aliphatic carbocycles. The van der Waals surface area contributed by atoms with E-state index < -0.39 is 11.9 Å². The van der Waals surface area contributed by atoms with E-state index in [0.717, 1.165) is 4.47 Å². The molecule has 0 bridgehead atoms. The Kier molecular flexibility index (Phi) is 4.57. The molecule has 0 spiro atoms.